The molecule has 0 atom stereocenters. The normalized spacial score (nSPS) is 10.8. The van der Waals surface area contributed by atoms with Gasteiger partial charge in [0.25, 0.3) is 0 Å². The molecule has 4 aromatic rings. The van der Waals surface area contributed by atoms with E-state index in [0.717, 1.165) is 22.0 Å². The summed E-state index contributed by atoms with van der Waals surface area (Å²) in [5.41, 5.74) is 3.06. The van der Waals surface area contributed by atoms with Gasteiger partial charge in [-0.2, -0.15) is 4.80 Å². The van der Waals surface area contributed by atoms with Crippen molar-refractivity contribution in [3.05, 3.63) is 76.2 Å². The van der Waals surface area contributed by atoms with Gasteiger partial charge in [-0.3, -0.25) is 0 Å². The molecular weight excluding hydrogens is 346 g/mol. The predicted octanol–water partition coefficient (Wildman–Crippen LogP) is 3.73. The number of aryl methyl sites for hydroxylation is 1. The minimum absolute atomic E-state index is 0.452. The number of nitrogens with zero attached hydrogens (tertiary/aromatic N) is 5. The fourth-order valence-electron chi connectivity index (χ4n) is 2.43. The molecule has 2 aromatic carbocycles. The Hall–Kier alpha value is -3.06. The molecule has 0 N–H and O–H groups in total. The number of ether oxygens (including phenoxy) is 1. The van der Waals surface area contributed by atoms with E-state index in [2.05, 4.69) is 27.3 Å². The zero-order valence-corrected chi connectivity index (χ0v) is 15.1. The Morgan fingerprint density at radius 3 is 2.65 bits per heavy atom. The molecule has 0 fully saturated rings. The SMILES string of the molecule is Cc1ccc(OCc2nc(Cn3nnc(-c4ccccc4)n3)cs2)cc1. The molecular formula is C19H17N5OS. The molecule has 6 nitrogen and oxygen atoms in total. The van der Waals surface area contributed by atoms with E-state index in [1.54, 1.807) is 16.1 Å². The average Bonchev–Trinajstić information content (AvgIpc) is 3.32. The van der Waals surface area contributed by atoms with Gasteiger partial charge in [0.1, 0.15) is 23.9 Å². The standard InChI is InChI=1S/C19H17N5OS/c1-14-7-9-17(10-8-14)25-12-18-20-16(13-26-18)11-24-22-19(21-23-24)15-5-3-2-4-6-15/h2-10,13H,11-12H2,1H3. The summed E-state index contributed by atoms with van der Waals surface area (Å²) in [6.45, 7) is 2.99. The highest BCUT2D eigenvalue weighted by Gasteiger charge is 2.08. The minimum Gasteiger partial charge on any atom is -0.486 e. The lowest BCUT2D eigenvalue weighted by atomic mass is 10.2. The Bertz CT molecular complexity index is 979. The highest BCUT2D eigenvalue weighted by atomic mass is 32.1. The van der Waals surface area contributed by atoms with E-state index < -0.39 is 0 Å². The van der Waals surface area contributed by atoms with Crippen LogP contribution in [0, 0.1) is 6.92 Å². The van der Waals surface area contributed by atoms with Gasteiger partial charge in [0.05, 0.1) is 5.69 Å². The van der Waals surface area contributed by atoms with Crippen molar-refractivity contribution in [2.24, 2.45) is 0 Å². The highest BCUT2D eigenvalue weighted by molar-refractivity contribution is 7.09. The summed E-state index contributed by atoms with van der Waals surface area (Å²) < 4.78 is 5.77. The molecule has 0 aliphatic heterocycles. The van der Waals surface area contributed by atoms with Crippen molar-refractivity contribution in [2.45, 2.75) is 20.1 Å². The summed E-state index contributed by atoms with van der Waals surface area (Å²) in [6, 6.07) is 17.8. The Morgan fingerprint density at radius 2 is 1.85 bits per heavy atom. The maximum Gasteiger partial charge on any atom is 0.204 e. The third-order valence-electron chi connectivity index (χ3n) is 3.77. The molecule has 4 rings (SSSR count). The van der Waals surface area contributed by atoms with Crippen molar-refractivity contribution in [1.82, 2.24) is 25.2 Å². The van der Waals surface area contributed by atoms with E-state index in [0.29, 0.717) is 19.0 Å². The molecule has 2 aromatic heterocycles. The molecule has 26 heavy (non-hydrogen) atoms. The van der Waals surface area contributed by atoms with Crippen LogP contribution >= 0.6 is 11.3 Å². The number of hydrogen-bond acceptors (Lipinski definition) is 6. The van der Waals surface area contributed by atoms with Crippen LogP contribution in [-0.2, 0) is 13.2 Å². The van der Waals surface area contributed by atoms with E-state index in [9.17, 15) is 0 Å². The van der Waals surface area contributed by atoms with Crippen LogP contribution in [0.15, 0.2) is 60.0 Å². The lowest BCUT2D eigenvalue weighted by Gasteiger charge is -2.03. The van der Waals surface area contributed by atoms with Gasteiger partial charge in [-0.1, -0.05) is 48.0 Å². The van der Waals surface area contributed by atoms with Crippen LogP contribution in [0.1, 0.15) is 16.3 Å². The second kappa shape index (κ2) is 7.45. The molecule has 0 unspecified atom stereocenters. The summed E-state index contributed by atoms with van der Waals surface area (Å²) in [5, 5.41) is 15.5. The van der Waals surface area contributed by atoms with Crippen molar-refractivity contribution in [3.63, 3.8) is 0 Å². The maximum absolute atomic E-state index is 5.77. The Morgan fingerprint density at radius 1 is 1.04 bits per heavy atom. The zero-order chi connectivity index (χ0) is 17.8. The van der Waals surface area contributed by atoms with Crippen LogP contribution < -0.4 is 4.74 Å². The van der Waals surface area contributed by atoms with Crippen molar-refractivity contribution in [3.8, 4) is 17.1 Å². The van der Waals surface area contributed by atoms with Gasteiger partial charge in [-0.15, -0.1) is 21.5 Å². The van der Waals surface area contributed by atoms with Crippen LogP contribution in [0.3, 0.4) is 0 Å². The van der Waals surface area contributed by atoms with E-state index in [-0.39, 0.29) is 0 Å². The number of aromatic nitrogens is 5. The molecule has 0 radical (unpaired) electrons. The van der Waals surface area contributed by atoms with Crippen LogP contribution in [0.5, 0.6) is 5.75 Å². The van der Waals surface area contributed by atoms with Gasteiger partial charge in [-0.05, 0) is 24.3 Å². The van der Waals surface area contributed by atoms with E-state index in [1.165, 1.54) is 5.56 Å². The van der Waals surface area contributed by atoms with Gasteiger partial charge < -0.3 is 4.74 Å². The van der Waals surface area contributed by atoms with Gasteiger partial charge in [0.2, 0.25) is 5.82 Å². The van der Waals surface area contributed by atoms with Gasteiger partial charge in [-0.25, -0.2) is 4.98 Å². The Kier molecular flexibility index (Phi) is 4.70. The first-order valence-electron chi connectivity index (χ1n) is 8.22. The van der Waals surface area contributed by atoms with Crippen LogP contribution in [-0.4, -0.2) is 25.2 Å². The van der Waals surface area contributed by atoms with Gasteiger partial charge in [0, 0.05) is 10.9 Å². The Labute approximate surface area is 155 Å². The first-order valence-corrected chi connectivity index (χ1v) is 9.10. The summed E-state index contributed by atoms with van der Waals surface area (Å²) >= 11 is 1.57. The summed E-state index contributed by atoms with van der Waals surface area (Å²) in [6.07, 6.45) is 0. The monoisotopic (exact) mass is 363 g/mol. The van der Waals surface area contributed by atoms with Gasteiger partial charge >= 0.3 is 0 Å². The van der Waals surface area contributed by atoms with Crippen molar-refractivity contribution in [2.75, 3.05) is 0 Å². The lowest BCUT2D eigenvalue weighted by Crippen LogP contribution is -2.05. The summed E-state index contributed by atoms with van der Waals surface area (Å²) in [7, 11) is 0. The van der Waals surface area contributed by atoms with E-state index in [1.807, 2.05) is 60.0 Å². The Balaban J connectivity index is 1.38. The largest absolute Gasteiger partial charge is 0.486 e. The second-order valence-electron chi connectivity index (χ2n) is 5.84. The third kappa shape index (κ3) is 3.94. The van der Waals surface area contributed by atoms with Crippen molar-refractivity contribution < 1.29 is 4.74 Å². The highest BCUT2D eigenvalue weighted by Crippen LogP contribution is 2.17. The zero-order valence-electron chi connectivity index (χ0n) is 14.2. The fourth-order valence-corrected chi connectivity index (χ4v) is 3.12. The van der Waals surface area contributed by atoms with Gasteiger partial charge in [0.15, 0.2) is 0 Å². The number of hydrogen-bond donors (Lipinski definition) is 0. The van der Waals surface area contributed by atoms with Crippen molar-refractivity contribution >= 4 is 11.3 Å². The summed E-state index contributed by atoms with van der Waals surface area (Å²) in [5.74, 6) is 1.46. The second-order valence-corrected chi connectivity index (χ2v) is 6.79. The number of benzene rings is 2. The average molecular weight is 363 g/mol. The predicted molar refractivity (Wildman–Crippen MR) is 100.0 cm³/mol. The van der Waals surface area contributed by atoms with Crippen LogP contribution in [0.4, 0.5) is 0 Å². The molecule has 2 heterocycles. The molecule has 130 valence electrons. The van der Waals surface area contributed by atoms with Crippen LogP contribution in [0.25, 0.3) is 11.4 Å². The smallest absolute Gasteiger partial charge is 0.204 e. The molecule has 0 spiro atoms. The molecule has 0 bridgehead atoms. The van der Waals surface area contributed by atoms with Crippen LogP contribution in [0.2, 0.25) is 0 Å². The van der Waals surface area contributed by atoms with E-state index >= 15 is 0 Å². The molecule has 0 amide bonds. The minimum atomic E-state index is 0.452. The molecule has 0 aliphatic carbocycles. The maximum atomic E-state index is 5.77. The lowest BCUT2D eigenvalue weighted by molar-refractivity contribution is 0.305. The summed E-state index contributed by atoms with van der Waals surface area (Å²) in [4.78, 5) is 6.14. The molecule has 0 saturated carbocycles. The third-order valence-corrected chi connectivity index (χ3v) is 4.64. The molecule has 7 heteroatoms. The fraction of sp³-hybridized carbons (Fsp3) is 0.158. The first kappa shape index (κ1) is 16.4. The number of rotatable bonds is 6. The van der Waals surface area contributed by atoms with E-state index in [4.69, 9.17) is 4.74 Å². The molecule has 0 aliphatic rings. The molecule has 0 saturated heterocycles. The first-order chi connectivity index (χ1) is 12.8. The van der Waals surface area contributed by atoms with Crippen molar-refractivity contribution in [1.29, 1.82) is 0 Å². The quantitative estimate of drug-likeness (QED) is 0.522. The number of thiazole rings is 1. The topological polar surface area (TPSA) is 65.7 Å². The number of tetrazole rings is 1.